The van der Waals surface area contributed by atoms with Crippen LogP contribution in [0.15, 0.2) is 34.8 Å². The molecule has 1 fully saturated rings. The average molecular weight is 340 g/mol. The summed E-state index contributed by atoms with van der Waals surface area (Å²) in [5, 5.41) is 6.00. The molecule has 22 heavy (non-hydrogen) atoms. The number of nitrogens with one attached hydrogen (secondary N) is 1. The minimum absolute atomic E-state index is 0.214. The number of thiophene rings is 1. The van der Waals surface area contributed by atoms with Crippen LogP contribution in [0.5, 0.6) is 0 Å². The summed E-state index contributed by atoms with van der Waals surface area (Å²) in [7, 11) is -1.76. The molecule has 0 aromatic carbocycles. The largest absolute Gasteiger partial charge is 0.294 e. The van der Waals surface area contributed by atoms with Gasteiger partial charge in [0, 0.05) is 37.3 Å². The Morgan fingerprint density at radius 1 is 1.50 bits per heavy atom. The van der Waals surface area contributed by atoms with Gasteiger partial charge in [0.15, 0.2) is 0 Å². The van der Waals surface area contributed by atoms with Gasteiger partial charge in [0.1, 0.15) is 4.90 Å². The molecule has 0 radical (unpaired) electrons. The molecule has 2 aromatic rings. The molecule has 8 heteroatoms. The Morgan fingerprint density at radius 2 is 2.36 bits per heavy atom. The van der Waals surface area contributed by atoms with Gasteiger partial charge in [0.2, 0.25) is 10.0 Å². The van der Waals surface area contributed by atoms with E-state index in [2.05, 4.69) is 32.2 Å². The minimum Gasteiger partial charge on any atom is -0.294 e. The Kier molecular flexibility index (Phi) is 4.62. The lowest BCUT2D eigenvalue weighted by Gasteiger charge is -2.23. The predicted molar refractivity (Wildman–Crippen MR) is 86.3 cm³/mol. The van der Waals surface area contributed by atoms with Crippen molar-refractivity contribution in [3.8, 4) is 0 Å². The molecule has 1 N–H and O–H groups in total. The third-order valence-electron chi connectivity index (χ3n) is 3.92. The Hall–Kier alpha value is -1.22. The summed E-state index contributed by atoms with van der Waals surface area (Å²) in [6.45, 7) is 2.17. The maximum atomic E-state index is 12.1. The molecule has 0 saturated carbocycles. The predicted octanol–water partition coefficient (Wildman–Crippen LogP) is 1.60. The van der Waals surface area contributed by atoms with Crippen molar-refractivity contribution in [2.45, 2.75) is 23.8 Å². The van der Waals surface area contributed by atoms with Gasteiger partial charge in [-0.2, -0.15) is 5.10 Å². The highest BCUT2D eigenvalue weighted by Crippen LogP contribution is 2.33. The number of hydrogen-bond acceptors (Lipinski definition) is 5. The Bertz CT molecular complexity index is 709. The van der Waals surface area contributed by atoms with Crippen molar-refractivity contribution in [3.05, 3.63) is 34.8 Å². The van der Waals surface area contributed by atoms with E-state index in [1.54, 1.807) is 18.4 Å². The van der Waals surface area contributed by atoms with Gasteiger partial charge in [-0.25, -0.2) is 13.1 Å². The van der Waals surface area contributed by atoms with Gasteiger partial charge < -0.3 is 0 Å². The fourth-order valence-electron chi connectivity index (χ4n) is 2.84. The molecule has 1 saturated heterocycles. The van der Waals surface area contributed by atoms with Crippen molar-refractivity contribution in [3.63, 3.8) is 0 Å². The summed E-state index contributed by atoms with van der Waals surface area (Å²) in [6.07, 6.45) is 5.19. The molecule has 1 atom stereocenters. The molecule has 120 valence electrons. The smallest absolute Gasteiger partial charge is 0.243 e. The Labute approximate surface area is 134 Å². The average Bonchev–Trinajstić information content (AvgIpc) is 3.17. The molecule has 1 aliphatic rings. The van der Waals surface area contributed by atoms with Crippen LogP contribution in [0, 0.1) is 0 Å². The van der Waals surface area contributed by atoms with Crippen LogP contribution in [0.3, 0.4) is 0 Å². The minimum atomic E-state index is -3.46. The number of sulfonamides is 1. The van der Waals surface area contributed by atoms with Crippen molar-refractivity contribution < 1.29 is 8.42 Å². The third-order valence-corrected chi connectivity index (χ3v) is 6.31. The maximum Gasteiger partial charge on any atom is 0.243 e. The number of aryl methyl sites for hydroxylation is 1. The summed E-state index contributed by atoms with van der Waals surface area (Å²) >= 11 is 1.77. The highest BCUT2D eigenvalue weighted by molar-refractivity contribution is 7.89. The fourth-order valence-corrected chi connectivity index (χ4v) is 4.74. The van der Waals surface area contributed by atoms with Crippen LogP contribution in [0.1, 0.15) is 23.8 Å². The summed E-state index contributed by atoms with van der Waals surface area (Å²) in [5.41, 5.74) is 0. The number of nitrogens with zero attached hydrogens (tertiary/aromatic N) is 3. The SMILES string of the molecule is Cn1cc(S(=O)(=O)NCCN2CCC[C@@H]2c2cccs2)cn1. The Morgan fingerprint density at radius 3 is 3.05 bits per heavy atom. The van der Waals surface area contributed by atoms with E-state index >= 15 is 0 Å². The van der Waals surface area contributed by atoms with Crippen LogP contribution in [0.2, 0.25) is 0 Å². The van der Waals surface area contributed by atoms with Gasteiger partial charge in [-0.3, -0.25) is 9.58 Å². The van der Waals surface area contributed by atoms with Crippen molar-refractivity contribution >= 4 is 21.4 Å². The van der Waals surface area contributed by atoms with Crippen molar-refractivity contribution in [2.75, 3.05) is 19.6 Å². The highest BCUT2D eigenvalue weighted by Gasteiger charge is 2.26. The summed E-state index contributed by atoms with van der Waals surface area (Å²) in [5.74, 6) is 0. The maximum absolute atomic E-state index is 12.1. The van der Waals surface area contributed by atoms with E-state index in [1.807, 2.05) is 0 Å². The molecule has 0 bridgehead atoms. The van der Waals surface area contributed by atoms with E-state index < -0.39 is 10.0 Å². The number of hydrogen-bond donors (Lipinski definition) is 1. The van der Waals surface area contributed by atoms with Gasteiger partial charge >= 0.3 is 0 Å². The first-order chi connectivity index (χ1) is 10.6. The third kappa shape index (κ3) is 3.40. The Balaban J connectivity index is 1.56. The lowest BCUT2D eigenvalue weighted by Crippen LogP contribution is -2.34. The van der Waals surface area contributed by atoms with Crippen LogP contribution in [0.25, 0.3) is 0 Å². The zero-order chi connectivity index (χ0) is 15.6. The van der Waals surface area contributed by atoms with Gasteiger partial charge in [-0.15, -0.1) is 11.3 Å². The van der Waals surface area contributed by atoms with E-state index in [0.29, 0.717) is 12.6 Å². The second-order valence-corrected chi connectivity index (χ2v) is 8.20. The van der Waals surface area contributed by atoms with Crippen LogP contribution in [0.4, 0.5) is 0 Å². The quantitative estimate of drug-likeness (QED) is 0.867. The standard InChI is InChI=1S/C14H20N4O2S2/c1-17-11-12(10-15-17)22(19,20)16-6-8-18-7-2-4-13(18)14-5-3-9-21-14/h3,5,9-11,13,16H,2,4,6-8H2,1H3/t13-/m1/s1. The molecule has 2 aromatic heterocycles. The first kappa shape index (κ1) is 15.7. The van der Waals surface area contributed by atoms with Crippen molar-refractivity contribution in [2.24, 2.45) is 7.05 Å². The van der Waals surface area contributed by atoms with E-state index in [1.165, 1.54) is 22.0 Å². The summed E-state index contributed by atoms with van der Waals surface area (Å²) < 4.78 is 28.4. The molecule has 6 nitrogen and oxygen atoms in total. The van der Waals surface area contributed by atoms with Crippen LogP contribution >= 0.6 is 11.3 Å². The zero-order valence-electron chi connectivity index (χ0n) is 12.5. The molecule has 0 unspecified atom stereocenters. The number of rotatable bonds is 6. The van der Waals surface area contributed by atoms with Crippen molar-refractivity contribution in [1.82, 2.24) is 19.4 Å². The molecule has 0 amide bonds. The van der Waals surface area contributed by atoms with Crippen molar-refractivity contribution in [1.29, 1.82) is 0 Å². The summed E-state index contributed by atoms with van der Waals surface area (Å²) in [4.78, 5) is 3.94. The monoisotopic (exact) mass is 340 g/mol. The second-order valence-electron chi connectivity index (χ2n) is 5.46. The number of likely N-dealkylation sites (tertiary alicyclic amines) is 1. The highest BCUT2D eigenvalue weighted by atomic mass is 32.2. The molecule has 0 aliphatic carbocycles. The molecule has 3 rings (SSSR count). The first-order valence-electron chi connectivity index (χ1n) is 7.32. The van der Waals surface area contributed by atoms with E-state index in [4.69, 9.17) is 0 Å². The van der Waals surface area contributed by atoms with E-state index in [0.717, 1.165) is 25.9 Å². The number of aromatic nitrogens is 2. The topological polar surface area (TPSA) is 67.2 Å². The fraction of sp³-hybridized carbons (Fsp3) is 0.500. The molecule has 3 heterocycles. The lowest BCUT2D eigenvalue weighted by molar-refractivity contribution is 0.265. The molecule has 1 aliphatic heterocycles. The van der Waals surface area contributed by atoms with Gasteiger partial charge in [-0.1, -0.05) is 6.07 Å². The van der Waals surface area contributed by atoms with Crippen LogP contribution < -0.4 is 4.72 Å². The van der Waals surface area contributed by atoms with Crippen LogP contribution in [-0.2, 0) is 17.1 Å². The van der Waals surface area contributed by atoms with Gasteiger partial charge in [0.25, 0.3) is 0 Å². The first-order valence-corrected chi connectivity index (χ1v) is 9.68. The van der Waals surface area contributed by atoms with E-state index in [-0.39, 0.29) is 4.90 Å². The molecule has 0 spiro atoms. The zero-order valence-corrected chi connectivity index (χ0v) is 14.1. The molecular formula is C14H20N4O2S2. The second kappa shape index (κ2) is 6.49. The van der Waals surface area contributed by atoms with E-state index in [9.17, 15) is 8.42 Å². The van der Waals surface area contributed by atoms with Gasteiger partial charge in [0.05, 0.1) is 6.20 Å². The summed E-state index contributed by atoms with van der Waals surface area (Å²) in [6, 6.07) is 4.66. The normalized spacial score (nSPS) is 19.8. The lowest BCUT2D eigenvalue weighted by atomic mass is 10.2. The van der Waals surface area contributed by atoms with Gasteiger partial charge in [-0.05, 0) is 30.8 Å². The van der Waals surface area contributed by atoms with Crippen LogP contribution in [-0.4, -0.2) is 42.7 Å². The molecular weight excluding hydrogens is 320 g/mol.